The molecule has 0 radical (unpaired) electrons. The number of aryl methyl sites for hydroxylation is 3. The molecule has 0 aliphatic carbocycles. The van der Waals surface area contributed by atoms with Crippen molar-refractivity contribution in [3.05, 3.63) is 23.2 Å². The van der Waals surface area contributed by atoms with Gasteiger partial charge in [0, 0.05) is 32.6 Å². The first-order chi connectivity index (χ1) is 11.4. The summed E-state index contributed by atoms with van der Waals surface area (Å²) in [4.78, 5) is 2.28. The van der Waals surface area contributed by atoms with E-state index in [1.165, 1.54) is 4.31 Å². The van der Waals surface area contributed by atoms with E-state index < -0.39 is 10.0 Å². The minimum atomic E-state index is -3.58. The van der Waals surface area contributed by atoms with Crippen LogP contribution in [0.5, 0.6) is 0 Å². The molecule has 9 nitrogen and oxygen atoms in total. The Morgan fingerprint density at radius 3 is 2.29 bits per heavy atom. The van der Waals surface area contributed by atoms with Crippen LogP contribution in [0.1, 0.15) is 30.2 Å². The smallest absolute Gasteiger partial charge is 0.248 e. The van der Waals surface area contributed by atoms with E-state index in [1.807, 2.05) is 6.92 Å². The Hall–Kier alpha value is -1.78. The van der Waals surface area contributed by atoms with E-state index in [0.29, 0.717) is 62.4 Å². The Kier molecular flexibility index (Phi) is 4.70. The number of hydrogen-bond acceptors (Lipinski definition) is 8. The van der Waals surface area contributed by atoms with Gasteiger partial charge in [0.05, 0.1) is 6.54 Å². The van der Waals surface area contributed by atoms with E-state index in [2.05, 4.69) is 20.3 Å². The molecule has 2 aromatic heterocycles. The highest BCUT2D eigenvalue weighted by Crippen LogP contribution is 2.24. The molecule has 1 saturated heterocycles. The van der Waals surface area contributed by atoms with E-state index in [9.17, 15) is 8.42 Å². The molecule has 0 unspecified atom stereocenters. The van der Waals surface area contributed by atoms with Crippen molar-refractivity contribution in [2.45, 2.75) is 38.6 Å². The molecule has 132 valence electrons. The third-order valence-corrected chi connectivity index (χ3v) is 6.21. The van der Waals surface area contributed by atoms with Crippen molar-refractivity contribution in [2.75, 3.05) is 26.2 Å². The molecule has 0 aromatic carbocycles. The number of piperazine rings is 1. The van der Waals surface area contributed by atoms with Crippen molar-refractivity contribution in [1.82, 2.24) is 24.6 Å². The van der Waals surface area contributed by atoms with Gasteiger partial charge in [0.2, 0.25) is 21.8 Å². The minimum absolute atomic E-state index is 0.181. The van der Waals surface area contributed by atoms with E-state index >= 15 is 0 Å². The first-order valence-electron chi connectivity index (χ1n) is 7.88. The SMILES string of the molecule is CCc1nnc(CN2CCN(S(=O)(=O)c3c(C)noc3C)CC2)o1. The molecule has 1 fully saturated rings. The summed E-state index contributed by atoms with van der Waals surface area (Å²) in [6.07, 6.45) is 0.705. The number of hydrogen-bond donors (Lipinski definition) is 0. The quantitative estimate of drug-likeness (QED) is 0.773. The Morgan fingerprint density at radius 2 is 1.75 bits per heavy atom. The number of aromatic nitrogens is 3. The lowest BCUT2D eigenvalue weighted by atomic mass is 10.3. The second kappa shape index (κ2) is 6.61. The van der Waals surface area contributed by atoms with Crippen LogP contribution >= 0.6 is 0 Å². The molecule has 0 atom stereocenters. The van der Waals surface area contributed by atoms with Crippen LogP contribution in [0.25, 0.3) is 0 Å². The van der Waals surface area contributed by atoms with E-state index in [4.69, 9.17) is 8.94 Å². The molecule has 1 aliphatic rings. The molecule has 3 heterocycles. The van der Waals surface area contributed by atoms with Crippen molar-refractivity contribution in [1.29, 1.82) is 0 Å². The maximum absolute atomic E-state index is 12.8. The van der Waals surface area contributed by atoms with Gasteiger partial charge in [-0.1, -0.05) is 12.1 Å². The molecule has 10 heteroatoms. The van der Waals surface area contributed by atoms with Gasteiger partial charge in [-0.3, -0.25) is 4.90 Å². The molecular weight excluding hydrogens is 334 g/mol. The zero-order chi connectivity index (χ0) is 17.3. The van der Waals surface area contributed by atoms with Crippen molar-refractivity contribution in [2.24, 2.45) is 0 Å². The summed E-state index contributed by atoms with van der Waals surface area (Å²) in [5.41, 5.74) is 0.396. The Balaban J connectivity index is 1.64. The van der Waals surface area contributed by atoms with Crippen molar-refractivity contribution >= 4 is 10.0 Å². The van der Waals surface area contributed by atoms with Gasteiger partial charge in [0.25, 0.3) is 0 Å². The van der Waals surface area contributed by atoms with Crippen LogP contribution in [-0.4, -0.2) is 59.2 Å². The Bertz CT molecular complexity index is 785. The maximum Gasteiger partial charge on any atom is 0.248 e. The molecule has 0 bridgehead atoms. The van der Waals surface area contributed by atoms with E-state index in [-0.39, 0.29) is 4.90 Å². The molecule has 0 amide bonds. The lowest BCUT2D eigenvalue weighted by Crippen LogP contribution is -2.48. The lowest BCUT2D eigenvalue weighted by molar-refractivity contribution is 0.167. The summed E-state index contributed by atoms with van der Waals surface area (Å²) in [5.74, 6) is 1.51. The van der Waals surface area contributed by atoms with Crippen molar-refractivity contribution in [3.63, 3.8) is 0 Å². The second-order valence-corrected chi connectivity index (χ2v) is 7.65. The zero-order valence-corrected chi connectivity index (χ0v) is 14.8. The minimum Gasteiger partial charge on any atom is -0.424 e. The number of rotatable bonds is 5. The molecular formula is C14H21N5O4S. The van der Waals surface area contributed by atoms with Gasteiger partial charge in [0.1, 0.15) is 10.6 Å². The highest BCUT2D eigenvalue weighted by molar-refractivity contribution is 7.89. The largest absolute Gasteiger partial charge is 0.424 e. The molecule has 2 aromatic rings. The third kappa shape index (κ3) is 3.21. The summed E-state index contributed by atoms with van der Waals surface area (Å²) < 4.78 is 37.5. The van der Waals surface area contributed by atoms with Crippen LogP contribution in [0.2, 0.25) is 0 Å². The average Bonchev–Trinajstić information content (AvgIpc) is 3.14. The molecule has 24 heavy (non-hydrogen) atoms. The molecule has 0 N–H and O–H groups in total. The first kappa shape index (κ1) is 17.1. The average molecular weight is 355 g/mol. The van der Waals surface area contributed by atoms with Crippen molar-refractivity contribution in [3.8, 4) is 0 Å². The summed E-state index contributed by atoms with van der Waals surface area (Å²) in [5, 5.41) is 11.7. The van der Waals surface area contributed by atoms with E-state index in [0.717, 1.165) is 0 Å². The van der Waals surface area contributed by atoms with Gasteiger partial charge in [-0.25, -0.2) is 8.42 Å². The molecule has 0 saturated carbocycles. The maximum atomic E-state index is 12.8. The summed E-state index contributed by atoms with van der Waals surface area (Å²) in [6.45, 7) is 7.76. The summed E-state index contributed by atoms with van der Waals surface area (Å²) in [7, 11) is -3.58. The number of sulfonamides is 1. The van der Waals surface area contributed by atoms with Crippen LogP contribution in [0, 0.1) is 13.8 Å². The zero-order valence-electron chi connectivity index (χ0n) is 14.0. The van der Waals surface area contributed by atoms with Crippen molar-refractivity contribution < 1.29 is 17.4 Å². The van der Waals surface area contributed by atoms with Gasteiger partial charge >= 0.3 is 0 Å². The Labute approximate surface area is 140 Å². The Morgan fingerprint density at radius 1 is 1.08 bits per heavy atom. The highest BCUT2D eigenvalue weighted by Gasteiger charge is 2.33. The highest BCUT2D eigenvalue weighted by atomic mass is 32.2. The summed E-state index contributed by atoms with van der Waals surface area (Å²) >= 11 is 0. The summed E-state index contributed by atoms with van der Waals surface area (Å²) in [6, 6.07) is 0. The van der Waals surface area contributed by atoms with Crippen LogP contribution in [0.4, 0.5) is 0 Å². The topological polar surface area (TPSA) is 106 Å². The third-order valence-electron chi connectivity index (χ3n) is 4.07. The molecule has 3 rings (SSSR count). The normalized spacial score (nSPS) is 17.5. The lowest BCUT2D eigenvalue weighted by Gasteiger charge is -2.33. The van der Waals surface area contributed by atoms with Gasteiger partial charge in [0.15, 0.2) is 5.76 Å². The van der Waals surface area contributed by atoms with Gasteiger partial charge in [-0.15, -0.1) is 10.2 Å². The van der Waals surface area contributed by atoms with Crippen LogP contribution in [-0.2, 0) is 23.0 Å². The van der Waals surface area contributed by atoms with Gasteiger partial charge < -0.3 is 8.94 Å². The van der Waals surface area contributed by atoms with Crippen LogP contribution < -0.4 is 0 Å². The fourth-order valence-corrected chi connectivity index (χ4v) is 4.50. The van der Waals surface area contributed by atoms with Gasteiger partial charge in [-0.05, 0) is 13.8 Å². The fourth-order valence-electron chi connectivity index (χ4n) is 2.79. The predicted octanol–water partition coefficient (Wildman–Crippen LogP) is 0.743. The monoisotopic (exact) mass is 355 g/mol. The number of nitrogens with zero attached hydrogens (tertiary/aromatic N) is 5. The van der Waals surface area contributed by atoms with Crippen LogP contribution in [0.15, 0.2) is 13.8 Å². The van der Waals surface area contributed by atoms with E-state index in [1.54, 1.807) is 13.8 Å². The molecule has 0 spiro atoms. The fraction of sp³-hybridized carbons (Fsp3) is 0.643. The second-order valence-electron chi connectivity index (χ2n) is 5.78. The standard InChI is InChI=1S/C14H21N5O4S/c1-4-12-15-16-13(22-12)9-18-5-7-19(8-6-18)24(20,21)14-10(2)17-23-11(14)3/h4-9H2,1-3H3. The predicted molar refractivity (Wildman–Crippen MR) is 83.7 cm³/mol. The van der Waals surface area contributed by atoms with Gasteiger partial charge in [-0.2, -0.15) is 4.31 Å². The first-order valence-corrected chi connectivity index (χ1v) is 9.32. The molecule has 1 aliphatic heterocycles. The van der Waals surface area contributed by atoms with Crippen LogP contribution in [0.3, 0.4) is 0 Å².